The number of nitrogens with one attached hydrogen (secondary N) is 1. The molecule has 0 spiro atoms. The fraction of sp³-hybridized carbons (Fsp3) is 0.213. The Morgan fingerprint density at radius 3 is 1.46 bits per heavy atom. The third-order valence-corrected chi connectivity index (χ3v) is 14.4. The number of nitrogens with zero attached hydrogens (tertiary/aromatic N) is 4. The molecule has 0 saturated carbocycles. The fourth-order valence-electron chi connectivity index (χ4n) is 6.17. The molecule has 5 aromatic carbocycles. The first kappa shape index (κ1) is 64.9. The van der Waals surface area contributed by atoms with Crippen molar-refractivity contribution in [2.24, 2.45) is 5.73 Å². The number of carbonyl (C=O) groups is 2. The predicted octanol–water partition coefficient (Wildman–Crippen LogP) is 12.2. The van der Waals surface area contributed by atoms with E-state index >= 15 is 0 Å². The minimum atomic E-state index is -1.99. The number of hydrogen-bond donors (Lipinski definition) is 6. The largest absolute Gasteiger partial charge is 0.490 e. The molecule has 0 amide bonds. The Balaban J connectivity index is 0.000000188. The molecule has 0 saturated heterocycles. The lowest BCUT2D eigenvalue weighted by molar-refractivity contribution is -0.155. The van der Waals surface area contributed by atoms with Crippen LogP contribution in [-0.2, 0) is 31.9 Å². The lowest BCUT2D eigenvalue weighted by atomic mass is 9.79. The Bertz CT molecular complexity index is 3810. The van der Waals surface area contributed by atoms with Gasteiger partial charge in [0, 0.05) is 14.4 Å². The van der Waals surface area contributed by atoms with Crippen LogP contribution in [0.2, 0.25) is 0 Å². The van der Waals surface area contributed by atoms with Crippen LogP contribution < -0.4 is 28.0 Å². The highest BCUT2D eigenvalue weighted by atomic mass is 79.9. The number of benzene rings is 5. The standard InChI is InChI=1S/C13H14BF2NO4S.C13H12BrF2NO2S.C7H3BrF2N2S.C7H5F3N2S.C7H4F2N2S/c1-13(2,3)21-9(18)5-8-17-11-6(14(19)20)4-7(15)10(16)12(11)22-8;1-13(2,3)19-9(18)5-8-17-11-6(14)4-7(15)10(16)12(11)20-8;8-2-1-3(9)4(10)6-5(2)12-7(11)13-6;8-3-1-2-4(12-7(11)13)6(10)5(3)9;8-3-1-2-4-6(5(3)9)12-7(10)11-4/h4,19-20H,5H2,1-3H3;4H,5H2,1-3H3;1H,(H2,11,12);1-2H,(H3,11,12,13);1-2H,(H2,10,11). The van der Waals surface area contributed by atoms with Crippen LogP contribution >= 0.6 is 89.4 Å². The van der Waals surface area contributed by atoms with Crippen molar-refractivity contribution in [3.63, 3.8) is 0 Å². The highest BCUT2D eigenvalue weighted by Crippen LogP contribution is 2.35. The Labute approximate surface area is 483 Å². The number of carbonyl (C=O) groups excluding carboxylic acids is 2. The monoisotopic (exact) mass is 1350 g/mol. The van der Waals surface area contributed by atoms with Crippen LogP contribution in [0, 0.1) is 64.0 Å². The molecule has 0 radical (unpaired) electrons. The van der Waals surface area contributed by atoms with Crippen molar-refractivity contribution in [2.45, 2.75) is 65.6 Å². The molecule has 9 aromatic rings. The van der Waals surface area contributed by atoms with Crippen LogP contribution in [0.5, 0.6) is 0 Å². The maximum atomic E-state index is 13.8. The molecule has 9 rings (SSSR count). The first-order valence-electron chi connectivity index (χ1n) is 21.9. The molecule has 4 aromatic heterocycles. The van der Waals surface area contributed by atoms with Crippen molar-refractivity contribution in [3.05, 3.63) is 125 Å². The van der Waals surface area contributed by atoms with Crippen LogP contribution in [0.15, 0.2) is 51.4 Å². The van der Waals surface area contributed by atoms with E-state index in [-0.39, 0.29) is 68.7 Å². The van der Waals surface area contributed by atoms with E-state index in [1.54, 1.807) is 41.5 Å². The van der Waals surface area contributed by atoms with Gasteiger partial charge in [0.25, 0.3) is 0 Å². The number of nitrogens with two attached hydrogens (primary N) is 3. The molecule has 0 aliphatic rings. The second-order valence-electron chi connectivity index (χ2n) is 17.7. The summed E-state index contributed by atoms with van der Waals surface area (Å²) in [6.45, 7) is 10.4. The molecule has 0 bridgehead atoms. The number of halogens is 13. The van der Waals surface area contributed by atoms with Crippen molar-refractivity contribution >= 4 is 176 Å². The molecule has 9 N–H and O–H groups in total. The number of ether oxygens (including phenoxy) is 2. The van der Waals surface area contributed by atoms with E-state index in [0.717, 1.165) is 75.7 Å². The molecule has 0 aliphatic carbocycles. The highest BCUT2D eigenvalue weighted by molar-refractivity contribution is 9.11. The van der Waals surface area contributed by atoms with Gasteiger partial charge in [-0.2, -0.15) is 0 Å². The van der Waals surface area contributed by atoms with Gasteiger partial charge < -0.3 is 42.0 Å². The van der Waals surface area contributed by atoms with Gasteiger partial charge >= 0.3 is 19.1 Å². The summed E-state index contributed by atoms with van der Waals surface area (Å²) in [5.41, 5.74) is 14.9. The number of hydrogen-bond acceptors (Lipinski definition) is 17. The maximum absolute atomic E-state index is 13.8. The number of esters is 2. The lowest BCUT2D eigenvalue weighted by Gasteiger charge is -2.18. The third kappa shape index (κ3) is 17.1. The number of thiazole rings is 4. The summed E-state index contributed by atoms with van der Waals surface area (Å²) in [4.78, 5) is 39.3. The van der Waals surface area contributed by atoms with E-state index in [9.17, 15) is 67.9 Å². The summed E-state index contributed by atoms with van der Waals surface area (Å²) in [6.07, 6.45) is -0.275. The number of rotatable bonds is 6. The summed E-state index contributed by atoms with van der Waals surface area (Å²) in [6, 6.07) is 6.97. The van der Waals surface area contributed by atoms with Gasteiger partial charge in [-0.25, -0.2) is 68.2 Å². The number of aromatic nitrogens is 4. The zero-order valence-corrected chi connectivity index (χ0v) is 48.8. The van der Waals surface area contributed by atoms with Gasteiger partial charge in [-0.05, 0) is 128 Å². The van der Waals surface area contributed by atoms with E-state index in [1.165, 1.54) is 6.07 Å². The van der Waals surface area contributed by atoms with Crippen LogP contribution in [0.25, 0.3) is 40.9 Å². The van der Waals surface area contributed by atoms with Gasteiger partial charge in [0.05, 0.1) is 53.9 Å². The van der Waals surface area contributed by atoms with Crippen LogP contribution in [0.1, 0.15) is 51.6 Å². The van der Waals surface area contributed by atoms with Gasteiger partial charge in [-0.15, -0.1) is 22.7 Å². The zero-order chi connectivity index (χ0) is 60.0. The van der Waals surface area contributed by atoms with E-state index in [0.29, 0.717) is 36.6 Å². The molecule has 0 fully saturated rings. The Hall–Kier alpha value is -5.94. The molecule has 4 heterocycles. The molecular formula is C47H38BBr2F11N8O6S5. The van der Waals surface area contributed by atoms with Crippen molar-refractivity contribution in [3.8, 4) is 0 Å². The molecule has 0 aliphatic heterocycles. The molecular weight excluding hydrogens is 1310 g/mol. The highest BCUT2D eigenvalue weighted by Gasteiger charge is 2.26. The molecule has 426 valence electrons. The summed E-state index contributed by atoms with van der Waals surface area (Å²) >= 11 is 14.2. The summed E-state index contributed by atoms with van der Waals surface area (Å²) < 4.78 is 155. The SMILES string of the molecule is CC(C)(C)OC(=O)Cc1nc2c(B(O)O)cc(F)c(F)c2s1.CC(C)(C)OC(=O)Cc1nc2c(Br)cc(F)c(F)c2s1.NC(=S)Nc1ccc(F)c(F)c1F.Nc1nc2c(Br)cc(F)c(F)c2s1.Nc1nc2ccc(F)c(F)c2s1. The lowest BCUT2D eigenvalue weighted by Crippen LogP contribution is -2.31. The van der Waals surface area contributed by atoms with Crippen molar-refractivity contribution in [1.29, 1.82) is 0 Å². The second kappa shape index (κ2) is 26.8. The Morgan fingerprint density at radius 1 is 0.575 bits per heavy atom. The van der Waals surface area contributed by atoms with E-state index < -0.39 is 94.2 Å². The Morgan fingerprint density at radius 2 is 0.975 bits per heavy atom. The number of nitrogen functional groups attached to an aromatic ring is 2. The first-order valence-corrected chi connectivity index (χ1v) is 27.2. The zero-order valence-electron chi connectivity index (χ0n) is 41.5. The van der Waals surface area contributed by atoms with Crippen LogP contribution in [-0.4, -0.2) is 65.4 Å². The van der Waals surface area contributed by atoms with Crippen molar-refractivity contribution < 1.29 is 77.4 Å². The minimum absolute atomic E-state index is 0.0654. The molecule has 0 unspecified atom stereocenters. The molecule has 80 heavy (non-hydrogen) atoms. The van der Waals surface area contributed by atoms with Gasteiger partial charge in [0.1, 0.15) is 26.7 Å². The van der Waals surface area contributed by atoms with E-state index in [4.69, 9.17) is 26.7 Å². The van der Waals surface area contributed by atoms with Crippen LogP contribution in [0.4, 0.5) is 64.2 Å². The van der Waals surface area contributed by atoms with Gasteiger partial charge in [0.15, 0.2) is 79.4 Å². The van der Waals surface area contributed by atoms with Crippen LogP contribution in [0.3, 0.4) is 0 Å². The summed E-state index contributed by atoms with van der Waals surface area (Å²) in [5.74, 6) is -12.9. The average molecular weight is 1350 g/mol. The van der Waals surface area contributed by atoms with Crippen molar-refractivity contribution in [1.82, 2.24) is 19.9 Å². The number of thiocarbonyl (C=S) groups is 1. The van der Waals surface area contributed by atoms with Gasteiger partial charge in [0.2, 0.25) is 0 Å². The van der Waals surface area contributed by atoms with Gasteiger partial charge in [-0.1, -0.05) is 22.7 Å². The first-order chi connectivity index (χ1) is 37.0. The third-order valence-electron chi connectivity index (χ3n) is 9.20. The average Bonchev–Trinajstić information content (AvgIpc) is 4.17. The van der Waals surface area contributed by atoms with E-state index in [1.807, 2.05) is 0 Å². The topological polar surface area (TPSA) is 235 Å². The maximum Gasteiger partial charge on any atom is 0.490 e. The van der Waals surface area contributed by atoms with Crippen molar-refractivity contribution in [2.75, 3.05) is 16.8 Å². The Kier molecular flexibility index (Phi) is 21.7. The summed E-state index contributed by atoms with van der Waals surface area (Å²) in [5, 5.41) is 21.5. The predicted molar refractivity (Wildman–Crippen MR) is 298 cm³/mol. The quantitative estimate of drug-likeness (QED) is 0.0227. The molecule has 0 atom stereocenters. The normalized spacial score (nSPS) is 11.2. The molecule has 33 heteroatoms. The van der Waals surface area contributed by atoms with Gasteiger partial charge in [-0.3, -0.25) is 9.59 Å². The number of anilines is 3. The van der Waals surface area contributed by atoms with E-state index in [2.05, 4.69) is 69.3 Å². The number of fused-ring (bicyclic) bond motifs is 4. The molecule has 14 nitrogen and oxygen atoms in total. The smallest absolute Gasteiger partial charge is 0.460 e. The second-order valence-corrected chi connectivity index (χ2v) is 24.1. The fourth-order valence-corrected chi connectivity index (χ4v) is 11.1. The summed E-state index contributed by atoms with van der Waals surface area (Å²) in [7, 11) is -1.99. The minimum Gasteiger partial charge on any atom is -0.460 e.